The van der Waals surface area contributed by atoms with Gasteiger partial charge in [-0.2, -0.15) is 4.31 Å². The zero-order chi connectivity index (χ0) is 14.7. The second-order valence-electron chi connectivity index (χ2n) is 5.24. The summed E-state index contributed by atoms with van der Waals surface area (Å²) in [7, 11) is -3.79. The number of nitrogens with zero attached hydrogens (tertiary/aromatic N) is 1. The summed E-state index contributed by atoms with van der Waals surface area (Å²) in [4.78, 5) is 24.6. The van der Waals surface area contributed by atoms with Crippen molar-refractivity contribution in [3.63, 3.8) is 0 Å². The van der Waals surface area contributed by atoms with E-state index in [1.165, 1.54) is 11.2 Å². The molecule has 2 fully saturated rings. The summed E-state index contributed by atoms with van der Waals surface area (Å²) >= 11 is 0.661. The van der Waals surface area contributed by atoms with Gasteiger partial charge in [0.1, 0.15) is 0 Å². The Bertz CT molecular complexity index is 719. The van der Waals surface area contributed by atoms with Gasteiger partial charge < -0.3 is 10.1 Å². The highest BCUT2D eigenvalue weighted by atomic mass is 32.2. The molecule has 3 unspecified atom stereocenters. The molecule has 2 saturated heterocycles. The van der Waals surface area contributed by atoms with Gasteiger partial charge in [-0.25, -0.2) is 8.42 Å². The number of carboxylic acid groups (broad SMARTS) is 1. The maximum Gasteiger partial charge on any atom is 0.308 e. The average molecular weight is 318 g/mol. The van der Waals surface area contributed by atoms with Gasteiger partial charge in [-0.1, -0.05) is 11.3 Å². The van der Waals surface area contributed by atoms with Gasteiger partial charge >= 0.3 is 10.8 Å². The molecule has 110 valence electrons. The second kappa shape index (κ2) is 4.40. The van der Waals surface area contributed by atoms with Crippen LogP contribution in [0.4, 0.5) is 0 Å². The molecule has 3 heterocycles. The maximum atomic E-state index is 12.7. The first kappa shape index (κ1) is 13.8. The fourth-order valence-electron chi connectivity index (χ4n) is 3.31. The molecule has 9 heteroatoms. The van der Waals surface area contributed by atoms with Crippen LogP contribution in [0.2, 0.25) is 0 Å². The molecule has 3 atom stereocenters. The minimum Gasteiger partial charge on any atom is -0.481 e. The largest absolute Gasteiger partial charge is 0.481 e. The van der Waals surface area contributed by atoms with Gasteiger partial charge in [0.25, 0.3) is 10.0 Å². The van der Waals surface area contributed by atoms with Crippen LogP contribution in [0, 0.1) is 12.8 Å². The standard InChI is InChI=1S/C11H14N2O5S2/c1-5-10(19-11(16)12-5)20(17,18)13-6-2-3-8(13)7(4-6)9(14)15/h6-8H,2-4H2,1H3,(H,12,16)(H,14,15). The molecule has 7 nitrogen and oxygen atoms in total. The number of H-pyrrole nitrogens is 1. The number of nitrogens with one attached hydrogen (secondary N) is 1. The SMILES string of the molecule is Cc1[nH]c(=O)sc1S(=O)(=O)N1C2CCC1C(C(=O)O)C2. The van der Waals surface area contributed by atoms with E-state index in [4.69, 9.17) is 0 Å². The van der Waals surface area contributed by atoms with Crippen molar-refractivity contribution in [2.45, 2.75) is 42.5 Å². The predicted octanol–water partition coefficient (Wildman–Crippen LogP) is 0.371. The third-order valence-corrected chi connectivity index (χ3v) is 7.64. The number of fused-ring (bicyclic) bond motifs is 2. The van der Waals surface area contributed by atoms with E-state index in [9.17, 15) is 23.1 Å². The lowest BCUT2D eigenvalue weighted by molar-refractivity contribution is -0.142. The summed E-state index contributed by atoms with van der Waals surface area (Å²) in [6.07, 6.45) is 1.61. The molecule has 0 saturated carbocycles. The lowest BCUT2D eigenvalue weighted by Crippen LogP contribution is -2.37. The topological polar surface area (TPSA) is 108 Å². The molecule has 0 spiro atoms. The van der Waals surface area contributed by atoms with Gasteiger partial charge in [0, 0.05) is 17.8 Å². The lowest BCUT2D eigenvalue weighted by atomic mass is 9.89. The Kier molecular flexibility index (Phi) is 3.03. The van der Waals surface area contributed by atoms with Crippen LogP contribution in [0.25, 0.3) is 0 Å². The Balaban J connectivity index is 2.03. The van der Waals surface area contributed by atoms with Crippen LogP contribution in [0.5, 0.6) is 0 Å². The van der Waals surface area contributed by atoms with Gasteiger partial charge in [0.2, 0.25) is 0 Å². The Morgan fingerprint density at radius 2 is 2.15 bits per heavy atom. The van der Waals surface area contributed by atoms with Crippen molar-refractivity contribution < 1.29 is 18.3 Å². The minimum absolute atomic E-state index is 0.00504. The van der Waals surface area contributed by atoms with E-state index < -0.39 is 32.8 Å². The molecule has 1 aromatic heterocycles. The Morgan fingerprint density at radius 3 is 2.65 bits per heavy atom. The number of sulfonamides is 1. The zero-order valence-electron chi connectivity index (χ0n) is 10.7. The first-order valence-corrected chi connectivity index (χ1v) is 8.54. The number of rotatable bonds is 3. The molecular weight excluding hydrogens is 304 g/mol. The molecular formula is C11H14N2O5S2. The van der Waals surface area contributed by atoms with Gasteiger partial charge in [0.15, 0.2) is 4.21 Å². The fraction of sp³-hybridized carbons (Fsp3) is 0.636. The third-order valence-electron chi connectivity index (χ3n) is 4.08. The highest BCUT2D eigenvalue weighted by molar-refractivity contribution is 7.91. The Hall–Kier alpha value is -1.19. The Morgan fingerprint density at radius 1 is 1.45 bits per heavy atom. The summed E-state index contributed by atoms with van der Waals surface area (Å²) in [5.41, 5.74) is 0.318. The van der Waals surface area contributed by atoms with E-state index in [-0.39, 0.29) is 10.3 Å². The van der Waals surface area contributed by atoms with Gasteiger partial charge in [-0.15, -0.1) is 0 Å². The van der Waals surface area contributed by atoms with Crippen molar-refractivity contribution >= 4 is 27.3 Å². The summed E-state index contributed by atoms with van der Waals surface area (Å²) in [6.45, 7) is 1.54. The molecule has 20 heavy (non-hydrogen) atoms. The van der Waals surface area contributed by atoms with Crippen LogP contribution in [0.15, 0.2) is 9.00 Å². The first-order valence-electron chi connectivity index (χ1n) is 6.28. The van der Waals surface area contributed by atoms with Gasteiger partial charge in [-0.3, -0.25) is 9.59 Å². The number of carbonyl (C=O) groups is 1. The minimum atomic E-state index is -3.79. The van der Waals surface area contributed by atoms with Crippen molar-refractivity contribution in [2.75, 3.05) is 0 Å². The number of thiazole rings is 1. The first-order chi connectivity index (χ1) is 9.32. The molecule has 0 amide bonds. The number of aromatic nitrogens is 1. The summed E-state index contributed by atoms with van der Waals surface area (Å²) in [6, 6.07) is -0.748. The number of hydrogen-bond donors (Lipinski definition) is 2. The molecule has 1 aromatic rings. The predicted molar refractivity (Wildman–Crippen MR) is 71.3 cm³/mol. The van der Waals surface area contributed by atoms with E-state index in [1.54, 1.807) is 0 Å². The van der Waals surface area contributed by atoms with Crippen LogP contribution in [-0.2, 0) is 14.8 Å². The smallest absolute Gasteiger partial charge is 0.308 e. The van der Waals surface area contributed by atoms with Crippen LogP contribution < -0.4 is 4.87 Å². The van der Waals surface area contributed by atoms with Crippen molar-refractivity contribution in [3.8, 4) is 0 Å². The summed E-state index contributed by atoms with van der Waals surface area (Å²) < 4.78 is 26.7. The van der Waals surface area contributed by atoms with Crippen LogP contribution >= 0.6 is 11.3 Å². The van der Waals surface area contributed by atoms with E-state index in [0.29, 0.717) is 36.3 Å². The molecule has 2 aliphatic rings. The van der Waals surface area contributed by atoms with E-state index >= 15 is 0 Å². The molecule has 0 aliphatic carbocycles. The summed E-state index contributed by atoms with van der Waals surface area (Å²) in [5.74, 6) is -1.59. The molecule has 2 aliphatic heterocycles. The van der Waals surface area contributed by atoms with Crippen molar-refractivity contribution in [3.05, 3.63) is 15.4 Å². The number of carboxylic acids is 1. The summed E-state index contributed by atoms with van der Waals surface area (Å²) in [5, 5.41) is 9.17. The van der Waals surface area contributed by atoms with Crippen molar-refractivity contribution in [1.82, 2.24) is 9.29 Å². The molecule has 2 bridgehead atoms. The average Bonchev–Trinajstić information content (AvgIpc) is 3.01. The van der Waals surface area contributed by atoms with Gasteiger partial charge in [0.05, 0.1) is 5.92 Å². The van der Waals surface area contributed by atoms with E-state index in [1.807, 2.05) is 0 Å². The number of aliphatic carboxylic acids is 1. The number of aryl methyl sites for hydroxylation is 1. The molecule has 0 radical (unpaired) electrons. The zero-order valence-corrected chi connectivity index (χ0v) is 12.3. The van der Waals surface area contributed by atoms with Crippen molar-refractivity contribution in [2.24, 2.45) is 5.92 Å². The number of hydrogen-bond acceptors (Lipinski definition) is 5. The second-order valence-corrected chi connectivity index (χ2v) is 8.26. The fourth-order valence-corrected chi connectivity index (χ4v) is 6.62. The quantitative estimate of drug-likeness (QED) is 0.837. The molecule has 3 rings (SSSR count). The number of aromatic amines is 1. The normalized spacial score (nSPS) is 29.9. The molecule has 0 aromatic carbocycles. The third kappa shape index (κ3) is 1.84. The maximum absolute atomic E-state index is 12.7. The van der Waals surface area contributed by atoms with E-state index in [2.05, 4.69) is 4.98 Å². The molecule has 2 N–H and O–H groups in total. The van der Waals surface area contributed by atoms with Crippen LogP contribution in [0.3, 0.4) is 0 Å². The monoisotopic (exact) mass is 318 g/mol. The van der Waals surface area contributed by atoms with Crippen LogP contribution in [-0.4, -0.2) is 40.9 Å². The van der Waals surface area contributed by atoms with Crippen LogP contribution in [0.1, 0.15) is 25.0 Å². The Labute approximate surface area is 119 Å². The lowest BCUT2D eigenvalue weighted by Gasteiger charge is -2.21. The highest BCUT2D eigenvalue weighted by Crippen LogP contribution is 2.45. The van der Waals surface area contributed by atoms with E-state index in [0.717, 1.165) is 0 Å². The van der Waals surface area contributed by atoms with Crippen molar-refractivity contribution in [1.29, 1.82) is 0 Å². The highest BCUT2D eigenvalue weighted by Gasteiger charge is 2.55. The van der Waals surface area contributed by atoms with Gasteiger partial charge in [-0.05, 0) is 26.2 Å².